The highest BCUT2D eigenvalue weighted by molar-refractivity contribution is 5.97. The predicted octanol–water partition coefficient (Wildman–Crippen LogP) is -2.22. The number of fused-ring (bicyclic) bond motifs is 3. The van der Waals surface area contributed by atoms with E-state index >= 15 is 0 Å². The molecule has 0 bridgehead atoms. The first-order valence-electron chi connectivity index (χ1n) is 21.7. The first-order chi connectivity index (χ1) is 29.2. The normalized spacial score (nSPS) is 34.3. The third kappa shape index (κ3) is 9.84. The van der Waals surface area contributed by atoms with E-state index in [9.17, 15) is 59.3 Å². The molecule has 0 aromatic carbocycles. The maximum Gasteiger partial charge on any atom is 0.334 e. The van der Waals surface area contributed by atoms with E-state index in [0.717, 1.165) is 28.9 Å². The molecule has 0 spiro atoms. The Kier molecular flexibility index (Phi) is 15.9. The molecule has 23 heteroatoms. The fourth-order valence-electron chi connectivity index (χ4n) is 8.94. The lowest BCUT2D eigenvalue weighted by molar-refractivity contribution is -0.328. The highest BCUT2D eigenvalue weighted by atomic mass is 16.6. The number of rotatable bonds is 7. The minimum absolute atomic E-state index is 0.0151. The number of hydrogen-bond acceptors (Lipinski definition) is 17. The highest BCUT2D eigenvalue weighted by Gasteiger charge is 2.58. The van der Waals surface area contributed by atoms with Crippen molar-refractivity contribution in [2.24, 2.45) is 11.8 Å². The molecule has 0 aromatic rings. The molecular weight excluding hydrogens is 818 g/mol. The van der Waals surface area contributed by atoms with Crippen molar-refractivity contribution in [3.63, 3.8) is 0 Å². The van der Waals surface area contributed by atoms with Crippen LogP contribution in [0.25, 0.3) is 0 Å². The van der Waals surface area contributed by atoms with Gasteiger partial charge in [0.15, 0.2) is 11.6 Å². The van der Waals surface area contributed by atoms with Crippen LogP contribution in [-0.4, -0.2) is 178 Å². The monoisotopic (exact) mass is 883 g/mol. The summed E-state index contributed by atoms with van der Waals surface area (Å²) in [5.41, 5.74) is 5.70. The molecule has 0 aromatic heterocycles. The third-order valence-corrected chi connectivity index (χ3v) is 12.7. The standard InChI is InChI=1S/C39H65N9O14/c1-7-23-15-16-39(58,62-27(23)8-2)38(6,57)37(56)43-29-31(21(3)4)61-36(55)30(22(5)49)48(60)34(53)26-14-11-18-41-46(26)33(52)25-13-10-17-40-45(25)28(50)20-44(59)32(51)24-12-9-19-42-47(24)35(29)54/h21-27,29-31,40-42,49,57-60H,7-20H2,1-6H3,(H,43,56)/t22-,23+,24+,25+,26-,27-,29?,30?,31-,38+,39-/m0/s1. The predicted molar refractivity (Wildman–Crippen MR) is 212 cm³/mol. The summed E-state index contributed by atoms with van der Waals surface area (Å²) in [6.07, 6.45) is -1.65. The van der Waals surface area contributed by atoms with E-state index in [1.807, 2.05) is 13.8 Å². The zero-order valence-electron chi connectivity index (χ0n) is 36.3. The van der Waals surface area contributed by atoms with Crippen molar-refractivity contribution in [3.8, 4) is 0 Å². The number of esters is 1. The average Bonchev–Trinajstić information content (AvgIpc) is 3.25. The van der Waals surface area contributed by atoms with E-state index in [1.165, 1.54) is 13.8 Å². The van der Waals surface area contributed by atoms with Crippen LogP contribution in [0.1, 0.15) is 106 Å². The number of carbonyl (C=O) groups is 7. The van der Waals surface area contributed by atoms with Gasteiger partial charge in [0, 0.05) is 26.1 Å². The first kappa shape index (κ1) is 49.0. The molecule has 5 heterocycles. The van der Waals surface area contributed by atoms with E-state index in [2.05, 4.69) is 21.6 Å². The second kappa shape index (κ2) is 20.2. The Morgan fingerprint density at radius 2 is 1.35 bits per heavy atom. The summed E-state index contributed by atoms with van der Waals surface area (Å²) in [6.45, 7) is 8.46. The van der Waals surface area contributed by atoms with Gasteiger partial charge >= 0.3 is 5.97 Å². The zero-order valence-corrected chi connectivity index (χ0v) is 36.3. The number of ether oxygens (including phenoxy) is 2. The van der Waals surface area contributed by atoms with Gasteiger partial charge in [-0.1, -0.05) is 34.1 Å². The number of cyclic esters (lactones) is 1. The van der Waals surface area contributed by atoms with Gasteiger partial charge in [0.2, 0.25) is 5.79 Å². The smallest absolute Gasteiger partial charge is 0.334 e. The molecule has 0 radical (unpaired) electrons. The topological polar surface area (TPSA) is 303 Å². The molecule has 23 nitrogen and oxygen atoms in total. The van der Waals surface area contributed by atoms with E-state index in [1.54, 1.807) is 0 Å². The van der Waals surface area contributed by atoms with Crippen molar-refractivity contribution in [3.05, 3.63) is 0 Å². The van der Waals surface area contributed by atoms with Gasteiger partial charge in [0.25, 0.3) is 35.4 Å². The van der Waals surface area contributed by atoms with Crippen LogP contribution in [0.4, 0.5) is 0 Å². The number of carbonyl (C=O) groups excluding carboxylic acids is 7. The van der Waals surface area contributed by atoms with Crippen molar-refractivity contribution in [1.82, 2.24) is 46.7 Å². The summed E-state index contributed by atoms with van der Waals surface area (Å²) in [5.74, 6) is -11.2. The molecule has 0 saturated carbocycles. The Labute approximate surface area is 360 Å². The van der Waals surface area contributed by atoms with E-state index in [0.29, 0.717) is 38.5 Å². The molecule has 6 amide bonds. The van der Waals surface area contributed by atoms with Crippen LogP contribution in [0, 0.1) is 11.8 Å². The summed E-state index contributed by atoms with van der Waals surface area (Å²) in [6, 6.07) is -8.40. The molecule has 9 N–H and O–H groups in total. The van der Waals surface area contributed by atoms with Crippen LogP contribution in [0.15, 0.2) is 0 Å². The van der Waals surface area contributed by atoms with Crippen LogP contribution in [-0.2, 0) is 43.0 Å². The van der Waals surface area contributed by atoms with Crippen molar-refractivity contribution in [2.75, 3.05) is 26.2 Å². The van der Waals surface area contributed by atoms with Crippen LogP contribution in [0.3, 0.4) is 0 Å². The van der Waals surface area contributed by atoms with Crippen molar-refractivity contribution in [2.45, 2.75) is 166 Å². The molecule has 5 rings (SSSR count). The number of amides is 6. The molecule has 5 aliphatic heterocycles. The number of aliphatic hydroxyl groups is 3. The Balaban J connectivity index is 1.60. The number of hydrogen-bond donors (Lipinski definition) is 9. The number of aliphatic hydroxyl groups excluding tert-OH is 1. The summed E-state index contributed by atoms with van der Waals surface area (Å²) in [4.78, 5) is 99.5. The maximum atomic E-state index is 14.9. The van der Waals surface area contributed by atoms with Gasteiger partial charge in [-0.15, -0.1) is 0 Å². The highest BCUT2D eigenvalue weighted by Crippen LogP contribution is 2.40. The van der Waals surface area contributed by atoms with Gasteiger partial charge < -0.3 is 30.1 Å². The van der Waals surface area contributed by atoms with Crippen LogP contribution >= 0.6 is 0 Å². The minimum Gasteiger partial charge on any atom is -0.458 e. The second-order valence-corrected chi connectivity index (χ2v) is 17.4. The molecule has 2 unspecified atom stereocenters. The first-order valence-corrected chi connectivity index (χ1v) is 21.7. The van der Waals surface area contributed by atoms with Crippen molar-refractivity contribution in [1.29, 1.82) is 0 Å². The van der Waals surface area contributed by atoms with Gasteiger partial charge in [0.1, 0.15) is 36.8 Å². The van der Waals surface area contributed by atoms with Crippen LogP contribution in [0.2, 0.25) is 0 Å². The summed E-state index contributed by atoms with van der Waals surface area (Å²) in [5, 5.41) is 62.3. The van der Waals surface area contributed by atoms with Gasteiger partial charge in [-0.3, -0.25) is 54.2 Å². The van der Waals surface area contributed by atoms with Crippen LogP contribution in [0.5, 0.6) is 0 Å². The minimum atomic E-state index is -2.74. The summed E-state index contributed by atoms with van der Waals surface area (Å²) in [7, 11) is 0. The molecule has 5 saturated heterocycles. The van der Waals surface area contributed by atoms with Crippen molar-refractivity contribution >= 4 is 41.4 Å². The van der Waals surface area contributed by atoms with E-state index < -0.39 is 114 Å². The Bertz CT molecular complexity index is 1690. The lowest BCUT2D eigenvalue weighted by atomic mass is 9.80. The molecule has 5 aliphatic rings. The zero-order chi connectivity index (χ0) is 45.8. The quantitative estimate of drug-likeness (QED) is 0.0966. The third-order valence-electron chi connectivity index (χ3n) is 12.7. The number of nitrogens with zero attached hydrogens (tertiary/aromatic N) is 5. The Morgan fingerprint density at radius 3 is 1.89 bits per heavy atom. The number of hydroxylamine groups is 4. The number of hydrazine groups is 3. The number of nitrogens with one attached hydrogen (secondary N) is 4. The average molecular weight is 884 g/mol. The molecule has 11 atom stereocenters. The molecule has 62 heavy (non-hydrogen) atoms. The van der Waals surface area contributed by atoms with Gasteiger partial charge in [-0.25, -0.2) is 31.2 Å². The fourth-order valence-corrected chi connectivity index (χ4v) is 8.94. The van der Waals surface area contributed by atoms with Gasteiger partial charge in [-0.05, 0) is 77.0 Å². The Hall–Kier alpha value is -4.07. The van der Waals surface area contributed by atoms with Crippen molar-refractivity contribution < 1.29 is 68.8 Å². The fraction of sp³-hybridized carbons (Fsp3) is 0.821. The molecular formula is C39H65N9O14. The van der Waals surface area contributed by atoms with E-state index in [4.69, 9.17) is 9.47 Å². The molecule has 350 valence electrons. The lowest BCUT2D eigenvalue weighted by Gasteiger charge is -2.48. The molecule has 0 aliphatic carbocycles. The lowest BCUT2D eigenvalue weighted by Crippen LogP contribution is -2.70. The molecule has 5 fully saturated rings. The maximum absolute atomic E-state index is 14.9. The summed E-state index contributed by atoms with van der Waals surface area (Å²) >= 11 is 0. The van der Waals surface area contributed by atoms with Crippen LogP contribution < -0.4 is 21.6 Å². The second-order valence-electron chi connectivity index (χ2n) is 17.4. The summed E-state index contributed by atoms with van der Waals surface area (Å²) < 4.78 is 11.8. The van der Waals surface area contributed by atoms with Gasteiger partial charge in [-0.2, -0.15) is 0 Å². The van der Waals surface area contributed by atoms with E-state index in [-0.39, 0.29) is 61.4 Å². The Morgan fingerprint density at radius 1 is 0.823 bits per heavy atom. The van der Waals surface area contributed by atoms with Gasteiger partial charge in [0.05, 0.1) is 12.2 Å². The largest absolute Gasteiger partial charge is 0.458 e. The SMILES string of the molecule is CC[C@@H]1CC[C@@](O)([C@](C)(O)C(=O)NC2C(=O)N3NCCC[C@@H]3C(=O)N(O)CC(=O)N3NCCC[C@@H]3C(=O)N3NCCC[C@H]3C(=O)N(O)C([C@H](C)O)C(=O)O[C@H]2C(C)C)O[C@H]1CC.